The lowest BCUT2D eigenvalue weighted by Crippen LogP contribution is -2.30. The molecule has 8 aromatic carbocycles. The van der Waals surface area contributed by atoms with Gasteiger partial charge in [0.25, 0.3) is 0 Å². The predicted octanol–water partition coefficient (Wildman–Crippen LogP) is 13.8. The first-order valence-electron chi connectivity index (χ1n) is 18.8. The van der Waals surface area contributed by atoms with E-state index in [1.54, 1.807) is 0 Å². The molecule has 2 aliphatic rings. The molecule has 0 fully saturated rings. The highest BCUT2D eigenvalue weighted by Crippen LogP contribution is 2.58. The van der Waals surface area contributed by atoms with Crippen molar-refractivity contribution in [2.75, 3.05) is 5.32 Å². The van der Waals surface area contributed by atoms with E-state index >= 15 is 0 Å². The van der Waals surface area contributed by atoms with E-state index in [1.165, 1.54) is 66.8 Å². The maximum absolute atomic E-state index is 4.78. The van der Waals surface area contributed by atoms with Crippen molar-refractivity contribution in [1.29, 1.82) is 0 Å². The van der Waals surface area contributed by atoms with Crippen LogP contribution in [0.3, 0.4) is 0 Å². The van der Waals surface area contributed by atoms with Crippen LogP contribution in [0.4, 0.5) is 11.4 Å². The standard InChI is InChI=1S/C41H31N.C12H10/c1-28-33-15-6-5-14-31(33)26-27-41(36-18-9-7-16-34(36)35-17-8-10-19-37(35)41)38-20-11-21-39(40(28)38)42-32-24-22-30(23-25-32)29-12-3-2-4-13-29;1-3-7-11(8-4-1)12-9-5-2-6-10-12/h2-25,42H,1,26-27H2;1-10H. The van der Waals surface area contributed by atoms with Crippen molar-refractivity contribution >= 4 is 16.9 Å². The average molecular weight is 692 g/mol. The quantitative estimate of drug-likeness (QED) is 0.194. The molecule has 1 spiro atoms. The number of fused-ring (bicyclic) bond motifs is 8. The Balaban J connectivity index is 0.000000272. The zero-order chi connectivity index (χ0) is 36.3. The maximum Gasteiger partial charge on any atom is 0.0473 e. The van der Waals surface area contributed by atoms with Crippen LogP contribution in [0.2, 0.25) is 0 Å². The Morgan fingerprint density at radius 1 is 0.389 bits per heavy atom. The van der Waals surface area contributed by atoms with Gasteiger partial charge in [-0.1, -0.05) is 195 Å². The monoisotopic (exact) mass is 691 g/mol. The molecule has 8 aromatic rings. The lowest BCUT2D eigenvalue weighted by Gasteiger charge is -2.38. The van der Waals surface area contributed by atoms with Crippen LogP contribution in [0.5, 0.6) is 0 Å². The predicted molar refractivity (Wildman–Crippen MR) is 228 cm³/mol. The lowest BCUT2D eigenvalue weighted by atomic mass is 9.65. The molecule has 0 bridgehead atoms. The van der Waals surface area contributed by atoms with Crippen LogP contribution in [-0.4, -0.2) is 0 Å². The van der Waals surface area contributed by atoms with Crippen LogP contribution in [0.25, 0.3) is 39.0 Å². The summed E-state index contributed by atoms with van der Waals surface area (Å²) in [6, 6.07) is 73.7. The number of benzene rings is 8. The van der Waals surface area contributed by atoms with Gasteiger partial charge >= 0.3 is 0 Å². The van der Waals surface area contributed by atoms with Crippen molar-refractivity contribution in [1.82, 2.24) is 0 Å². The number of anilines is 2. The summed E-state index contributed by atoms with van der Waals surface area (Å²) in [5.74, 6) is 0. The second kappa shape index (κ2) is 14.4. The molecular formula is C53H41N. The second-order valence-corrected chi connectivity index (χ2v) is 14.2. The Bertz CT molecular complexity index is 2480. The van der Waals surface area contributed by atoms with Gasteiger partial charge in [0.1, 0.15) is 0 Å². The number of nitrogens with one attached hydrogen (secondary N) is 1. The molecule has 0 heterocycles. The smallest absolute Gasteiger partial charge is 0.0473 e. The van der Waals surface area contributed by atoms with Crippen LogP contribution in [0.15, 0.2) is 213 Å². The fourth-order valence-electron chi connectivity index (χ4n) is 8.64. The maximum atomic E-state index is 4.78. The molecule has 1 heteroatoms. The first-order valence-corrected chi connectivity index (χ1v) is 18.8. The molecule has 2 aliphatic carbocycles. The zero-order valence-corrected chi connectivity index (χ0v) is 30.3. The molecule has 0 radical (unpaired) electrons. The average Bonchev–Trinajstić information content (AvgIpc) is 3.54. The van der Waals surface area contributed by atoms with Crippen LogP contribution in [0, 0.1) is 0 Å². The minimum Gasteiger partial charge on any atom is -0.355 e. The van der Waals surface area contributed by atoms with E-state index in [-0.39, 0.29) is 5.41 Å². The van der Waals surface area contributed by atoms with Crippen molar-refractivity contribution < 1.29 is 0 Å². The second-order valence-electron chi connectivity index (χ2n) is 14.2. The summed E-state index contributed by atoms with van der Waals surface area (Å²) in [5.41, 5.74) is 18.5. The van der Waals surface area contributed by atoms with Gasteiger partial charge in [0.15, 0.2) is 0 Å². The molecule has 0 saturated heterocycles. The summed E-state index contributed by atoms with van der Waals surface area (Å²) in [6.07, 6.45) is 1.98. The van der Waals surface area contributed by atoms with E-state index in [4.69, 9.17) is 6.58 Å². The van der Waals surface area contributed by atoms with Gasteiger partial charge < -0.3 is 5.32 Å². The Kier molecular flexibility index (Phi) is 8.83. The van der Waals surface area contributed by atoms with Crippen molar-refractivity contribution in [3.8, 4) is 33.4 Å². The molecule has 10 rings (SSSR count). The zero-order valence-electron chi connectivity index (χ0n) is 30.3. The van der Waals surface area contributed by atoms with Gasteiger partial charge in [-0.15, -0.1) is 0 Å². The van der Waals surface area contributed by atoms with E-state index in [2.05, 4.69) is 199 Å². The number of hydrogen-bond donors (Lipinski definition) is 1. The molecule has 0 aromatic heterocycles. The van der Waals surface area contributed by atoms with E-state index in [9.17, 15) is 0 Å². The molecule has 0 amide bonds. The highest BCUT2D eigenvalue weighted by Gasteiger charge is 2.46. The van der Waals surface area contributed by atoms with Crippen molar-refractivity contribution in [3.63, 3.8) is 0 Å². The molecule has 1 nitrogen and oxygen atoms in total. The third-order valence-electron chi connectivity index (χ3n) is 11.2. The Labute approximate surface area is 319 Å². The fourth-order valence-corrected chi connectivity index (χ4v) is 8.64. The molecule has 258 valence electrons. The van der Waals surface area contributed by atoms with Crippen molar-refractivity contribution in [3.05, 3.63) is 246 Å². The van der Waals surface area contributed by atoms with Crippen LogP contribution >= 0.6 is 0 Å². The molecule has 0 unspecified atom stereocenters. The van der Waals surface area contributed by atoms with Gasteiger partial charge in [0.2, 0.25) is 0 Å². The number of rotatable bonds is 4. The van der Waals surface area contributed by atoms with Gasteiger partial charge in [-0.25, -0.2) is 0 Å². The summed E-state index contributed by atoms with van der Waals surface area (Å²) in [5, 5.41) is 3.81. The molecule has 0 aliphatic heterocycles. The van der Waals surface area contributed by atoms with Crippen molar-refractivity contribution in [2.24, 2.45) is 0 Å². The molecule has 1 N–H and O–H groups in total. The van der Waals surface area contributed by atoms with Crippen LogP contribution < -0.4 is 5.32 Å². The van der Waals surface area contributed by atoms with E-state index in [1.807, 2.05) is 12.1 Å². The first kappa shape index (κ1) is 33.2. The van der Waals surface area contributed by atoms with E-state index in [0.29, 0.717) is 0 Å². The summed E-state index contributed by atoms with van der Waals surface area (Å²) in [4.78, 5) is 0. The summed E-state index contributed by atoms with van der Waals surface area (Å²) >= 11 is 0. The van der Waals surface area contributed by atoms with Gasteiger partial charge in [0, 0.05) is 22.4 Å². The highest BCUT2D eigenvalue weighted by atomic mass is 14.9. The Morgan fingerprint density at radius 2 is 0.833 bits per heavy atom. The molecule has 0 saturated carbocycles. The van der Waals surface area contributed by atoms with Crippen LogP contribution in [-0.2, 0) is 11.8 Å². The van der Waals surface area contributed by atoms with Gasteiger partial charge in [-0.2, -0.15) is 0 Å². The summed E-state index contributed by atoms with van der Waals surface area (Å²) in [6.45, 7) is 4.78. The van der Waals surface area contributed by atoms with E-state index < -0.39 is 0 Å². The first-order chi connectivity index (χ1) is 26.7. The molecule has 0 atom stereocenters. The number of aryl methyl sites for hydroxylation is 1. The SMILES string of the molecule is C=C1c2ccccc2CCC2(c3ccccc3-c3ccccc32)c2cccc(Nc3ccc(-c4ccccc4)cc3)c21.c1ccc(-c2ccccc2)cc1. The minimum absolute atomic E-state index is 0.270. The minimum atomic E-state index is -0.270. The molecular weight excluding hydrogens is 651 g/mol. The van der Waals surface area contributed by atoms with Gasteiger partial charge in [0.05, 0.1) is 0 Å². The number of hydrogen-bond acceptors (Lipinski definition) is 1. The Morgan fingerprint density at radius 3 is 1.39 bits per heavy atom. The fraction of sp³-hybridized carbons (Fsp3) is 0.0566. The van der Waals surface area contributed by atoms with Crippen molar-refractivity contribution in [2.45, 2.75) is 18.3 Å². The van der Waals surface area contributed by atoms with Crippen LogP contribution in [0.1, 0.15) is 39.8 Å². The third-order valence-corrected chi connectivity index (χ3v) is 11.2. The van der Waals surface area contributed by atoms with Gasteiger partial charge in [-0.05, 0) is 97.8 Å². The third kappa shape index (κ3) is 5.94. The van der Waals surface area contributed by atoms with Gasteiger partial charge in [-0.3, -0.25) is 0 Å². The Hall–Kier alpha value is -6.70. The summed E-state index contributed by atoms with van der Waals surface area (Å²) in [7, 11) is 0. The van der Waals surface area contributed by atoms with E-state index in [0.717, 1.165) is 29.8 Å². The lowest BCUT2D eigenvalue weighted by molar-refractivity contribution is 0.569. The summed E-state index contributed by atoms with van der Waals surface area (Å²) < 4.78 is 0. The molecule has 54 heavy (non-hydrogen) atoms. The topological polar surface area (TPSA) is 12.0 Å². The highest BCUT2D eigenvalue weighted by molar-refractivity contribution is 5.93. The normalized spacial score (nSPS) is 13.2. The largest absolute Gasteiger partial charge is 0.355 e.